The van der Waals surface area contributed by atoms with E-state index in [1.807, 2.05) is 6.07 Å². The molecule has 114 valence electrons. The number of aliphatic hydroxyl groups excluding tert-OH is 1. The van der Waals surface area contributed by atoms with Gasteiger partial charge in [-0.25, -0.2) is 4.39 Å². The summed E-state index contributed by atoms with van der Waals surface area (Å²) in [7, 11) is 0. The van der Waals surface area contributed by atoms with E-state index in [1.165, 1.54) is 6.07 Å². The Morgan fingerprint density at radius 1 is 1.38 bits per heavy atom. The van der Waals surface area contributed by atoms with Crippen LogP contribution in [0.1, 0.15) is 24.0 Å². The fourth-order valence-corrected chi connectivity index (χ4v) is 2.73. The van der Waals surface area contributed by atoms with Crippen molar-refractivity contribution in [3.63, 3.8) is 0 Å². The van der Waals surface area contributed by atoms with Gasteiger partial charge in [0.05, 0.1) is 18.2 Å². The molecule has 1 aliphatic rings. The van der Waals surface area contributed by atoms with Gasteiger partial charge in [-0.1, -0.05) is 6.07 Å². The molecule has 4 nitrogen and oxygen atoms in total. The maximum absolute atomic E-state index is 13.7. The molecule has 1 saturated heterocycles. The number of nitrogens with one attached hydrogen (secondary N) is 1. The number of β-amino-alcohol motifs (C(OH)–C–C–N with tert-alkyl or cyclic N) is 1. The van der Waals surface area contributed by atoms with Crippen molar-refractivity contribution in [1.29, 1.82) is 5.26 Å². The Labute approximate surface area is 125 Å². The van der Waals surface area contributed by atoms with E-state index in [9.17, 15) is 4.39 Å². The van der Waals surface area contributed by atoms with E-state index in [1.54, 1.807) is 12.1 Å². The molecular formula is C16H22FN3O. The van der Waals surface area contributed by atoms with E-state index in [4.69, 9.17) is 10.4 Å². The first-order chi connectivity index (χ1) is 10.2. The Morgan fingerprint density at radius 2 is 2.14 bits per heavy atom. The molecule has 0 unspecified atom stereocenters. The summed E-state index contributed by atoms with van der Waals surface area (Å²) in [5.41, 5.74) is 0.958. The van der Waals surface area contributed by atoms with Crippen LogP contribution in [0, 0.1) is 23.1 Å². The zero-order valence-corrected chi connectivity index (χ0v) is 12.2. The summed E-state index contributed by atoms with van der Waals surface area (Å²) in [4.78, 5) is 2.27. The fraction of sp³-hybridized carbons (Fsp3) is 0.562. The molecule has 0 radical (unpaired) electrons. The van der Waals surface area contributed by atoms with Crippen LogP contribution in [-0.2, 0) is 6.54 Å². The highest BCUT2D eigenvalue weighted by Crippen LogP contribution is 2.16. The zero-order valence-electron chi connectivity index (χ0n) is 12.2. The highest BCUT2D eigenvalue weighted by atomic mass is 19.1. The van der Waals surface area contributed by atoms with Gasteiger partial charge in [0.15, 0.2) is 0 Å². The summed E-state index contributed by atoms with van der Waals surface area (Å²) in [5.74, 6) is 0.292. The summed E-state index contributed by atoms with van der Waals surface area (Å²) < 4.78 is 13.7. The highest BCUT2D eigenvalue weighted by molar-refractivity contribution is 5.32. The van der Waals surface area contributed by atoms with Crippen molar-refractivity contribution in [2.24, 2.45) is 5.92 Å². The van der Waals surface area contributed by atoms with E-state index in [0.717, 1.165) is 39.0 Å². The Bertz CT molecular complexity index is 493. The number of hydrogen-bond donors (Lipinski definition) is 2. The van der Waals surface area contributed by atoms with Crippen LogP contribution in [0.2, 0.25) is 0 Å². The number of hydrogen-bond acceptors (Lipinski definition) is 4. The first-order valence-corrected chi connectivity index (χ1v) is 7.45. The standard InChI is InChI=1S/C16H22FN3O/c17-16-9-14(10-18)1-2-15(16)12-19-11-13-3-5-20(6-4-13)7-8-21/h1-2,9,13,19,21H,3-8,11-12H2. The average Bonchev–Trinajstić information content (AvgIpc) is 2.51. The lowest BCUT2D eigenvalue weighted by atomic mass is 9.96. The second kappa shape index (κ2) is 8.08. The molecule has 1 fully saturated rings. The SMILES string of the molecule is N#Cc1ccc(CNCC2CCN(CCO)CC2)c(F)c1. The number of nitrogens with zero attached hydrogens (tertiary/aromatic N) is 2. The summed E-state index contributed by atoms with van der Waals surface area (Å²) in [6.07, 6.45) is 2.23. The van der Waals surface area contributed by atoms with Gasteiger partial charge in [-0.3, -0.25) is 0 Å². The molecule has 1 heterocycles. The van der Waals surface area contributed by atoms with Crippen LogP contribution < -0.4 is 5.32 Å². The molecule has 0 aromatic heterocycles. The van der Waals surface area contributed by atoms with Crippen molar-refractivity contribution in [3.05, 3.63) is 35.1 Å². The highest BCUT2D eigenvalue weighted by Gasteiger charge is 2.18. The Kier molecular flexibility index (Phi) is 6.12. The third-order valence-corrected chi connectivity index (χ3v) is 4.05. The Morgan fingerprint density at radius 3 is 2.76 bits per heavy atom. The van der Waals surface area contributed by atoms with Crippen LogP contribution in [0.4, 0.5) is 4.39 Å². The summed E-state index contributed by atoms with van der Waals surface area (Å²) in [5, 5.41) is 20.9. The number of rotatable bonds is 6. The summed E-state index contributed by atoms with van der Waals surface area (Å²) in [6, 6.07) is 6.53. The van der Waals surface area contributed by atoms with Gasteiger partial charge in [0.25, 0.3) is 0 Å². The second-order valence-electron chi connectivity index (χ2n) is 5.56. The molecule has 0 aliphatic carbocycles. The van der Waals surface area contributed by atoms with Gasteiger partial charge in [-0.2, -0.15) is 5.26 Å². The molecule has 0 amide bonds. The molecule has 5 heteroatoms. The van der Waals surface area contributed by atoms with E-state index in [0.29, 0.717) is 23.6 Å². The zero-order chi connectivity index (χ0) is 15.1. The van der Waals surface area contributed by atoms with E-state index < -0.39 is 0 Å². The van der Waals surface area contributed by atoms with E-state index >= 15 is 0 Å². The quantitative estimate of drug-likeness (QED) is 0.834. The third-order valence-electron chi connectivity index (χ3n) is 4.05. The predicted octanol–water partition coefficient (Wildman–Crippen LogP) is 1.49. The van der Waals surface area contributed by atoms with Gasteiger partial charge in [-0.15, -0.1) is 0 Å². The number of nitriles is 1. The van der Waals surface area contributed by atoms with E-state index in [2.05, 4.69) is 10.2 Å². The van der Waals surface area contributed by atoms with E-state index in [-0.39, 0.29) is 12.4 Å². The van der Waals surface area contributed by atoms with Gasteiger partial charge in [0.1, 0.15) is 5.82 Å². The predicted molar refractivity (Wildman–Crippen MR) is 79.1 cm³/mol. The smallest absolute Gasteiger partial charge is 0.129 e. The summed E-state index contributed by atoms with van der Waals surface area (Å²) in [6.45, 7) is 4.41. The van der Waals surface area contributed by atoms with Crippen LogP contribution in [0.3, 0.4) is 0 Å². The molecule has 21 heavy (non-hydrogen) atoms. The van der Waals surface area contributed by atoms with Crippen LogP contribution in [-0.4, -0.2) is 42.8 Å². The van der Waals surface area contributed by atoms with Crippen molar-refractivity contribution in [2.75, 3.05) is 32.8 Å². The molecule has 0 saturated carbocycles. The first kappa shape index (κ1) is 15.9. The normalized spacial score (nSPS) is 16.8. The molecule has 1 aromatic carbocycles. The monoisotopic (exact) mass is 291 g/mol. The van der Waals surface area contributed by atoms with Crippen molar-refractivity contribution in [2.45, 2.75) is 19.4 Å². The maximum atomic E-state index is 13.7. The molecule has 0 spiro atoms. The molecule has 0 bridgehead atoms. The number of piperidine rings is 1. The van der Waals surface area contributed by atoms with Crippen molar-refractivity contribution >= 4 is 0 Å². The molecule has 0 atom stereocenters. The fourth-order valence-electron chi connectivity index (χ4n) is 2.73. The minimum absolute atomic E-state index is 0.223. The van der Waals surface area contributed by atoms with Crippen LogP contribution >= 0.6 is 0 Å². The molecule has 2 N–H and O–H groups in total. The van der Waals surface area contributed by atoms with Crippen molar-refractivity contribution in [3.8, 4) is 6.07 Å². The maximum Gasteiger partial charge on any atom is 0.129 e. The van der Waals surface area contributed by atoms with Gasteiger partial charge < -0.3 is 15.3 Å². The topological polar surface area (TPSA) is 59.3 Å². The van der Waals surface area contributed by atoms with Crippen LogP contribution in [0.25, 0.3) is 0 Å². The second-order valence-corrected chi connectivity index (χ2v) is 5.56. The largest absolute Gasteiger partial charge is 0.395 e. The average molecular weight is 291 g/mol. The molecule has 2 rings (SSSR count). The van der Waals surface area contributed by atoms with Gasteiger partial charge >= 0.3 is 0 Å². The number of halogens is 1. The van der Waals surface area contributed by atoms with Crippen molar-refractivity contribution in [1.82, 2.24) is 10.2 Å². The lowest BCUT2D eigenvalue weighted by Gasteiger charge is -2.31. The minimum atomic E-state index is -0.320. The number of benzene rings is 1. The van der Waals surface area contributed by atoms with Crippen LogP contribution in [0.5, 0.6) is 0 Å². The first-order valence-electron chi connectivity index (χ1n) is 7.45. The lowest BCUT2D eigenvalue weighted by Crippen LogP contribution is -2.38. The summed E-state index contributed by atoms with van der Waals surface area (Å²) >= 11 is 0. The Balaban J connectivity index is 1.72. The number of aliphatic hydroxyl groups is 1. The lowest BCUT2D eigenvalue weighted by molar-refractivity contribution is 0.146. The molecule has 1 aromatic rings. The van der Waals surface area contributed by atoms with Crippen LogP contribution in [0.15, 0.2) is 18.2 Å². The third kappa shape index (κ3) is 4.78. The van der Waals surface area contributed by atoms with Crippen molar-refractivity contribution < 1.29 is 9.50 Å². The minimum Gasteiger partial charge on any atom is -0.395 e. The van der Waals surface area contributed by atoms with Gasteiger partial charge in [-0.05, 0) is 50.5 Å². The van der Waals surface area contributed by atoms with Gasteiger partial charge in [0.2, 0.25) is 0 Å². The Hall–Kier alpha value is -1.48. The van der Waals surface area contributed by atoms with Gasteiger partial charge in [0, 0.05) is 18.7 Å². The molecular weight excluding hydrogens is 269 g/mol. The number of likely N-dealkylation sites (tertiary alicyclic amines) is 1. The molecule has 1 aliphatic heterocycles.